The SMILES string of the molecule is CC(=O)Nc1nc(-c2ccc(F)cc2)cc(C(F)(F)F)n1. The maximum atomic E-state index is 12.9. The number of aromatic nitrogens is 2. The number of hydrogen-bond donors (Lipinski definition) is 1. The van der Waals surface area contributed by atoms with E-state index in [1.54, 1.807) is 0 Å². The molecule has 0 unspecified atom stereocenters. The van der Waals surface area contributed by atoms with Crippen LogP contribution in [0.25, 0.3) is 11.3 Å². The summed E-state index contributed by atoms with van der Waals surface area (Å²) in [5.74, 6) is -1.58. The molecule has 0 radical (unpaired) electrons. The number of amides is 1. The van der Waals surface area contributed by atoms with Crippen molar-refractivity contribution in [2.75, 3.05) is 5.32 Å². The van der Waals surface area contributed by atoms with Gasteiger partial charge in [-0.05, 0) is 30.3 Å². The molecule has 0 fully saturated rings. The fraction of sp³-hybridized carbons (Fsp3) is 0.154. The van der Waals surface area contributed by atoms with Gasteiger partial charge in [0.1, 0.15) is 5.82 Å². The third-order valence-electron chi connectivity index (χ3n) is 2.44. The number of nitrogens with one attached hydrogen (secondary N) is 1. The maximum absolute atomic E-state index is 12.9. The second-order valence-electron chi connectivity index (χ2n) is 4.15. The molecule has 2 rings (SSSR count). The first-order valence-corrected chi connectivity index (χ1v) is 5.75. The Morgan fingerprint density at radius 3 is 2.29 bits per heavy atom. The van der Waals surface area contributed by atoms with Gasteiger partial charge in [-0.3, -0.25) is 10.1 Å². The van der Waals surface area contributed by atoms with Crippen LogP contribution in [-0.2, 0) is 11.0 Å². The maximum Gasteiger partial charge on any atom is 0.433 e. The van der Waals surface area contributed by atoms with E-state index in [9.17, 15) is 22.4 Å². The van der Waals surface area contributed by atoms with E-state index < -0.39 is 29.5 Å². The fourth-order valence-corrected chi connectivity index (χ4v) is 1.57. The first-order chi connectivity index (χ1) is 9.75. The summed E-state index contributed by atoms with van der Waals surface area (Å²) in [6.07, 6.45) is -4.69. The zero-order valence-electron chi connectivity index (χ0n) is 10.7. The lowest BCUT2D eigenvalue weighted by atomic mass is 10.1. The van der Waals surface area contributed by atoms with Crippen molar-refractivity contribution in [1.29, 1.82) is 0 Å². The lowest BCUT2D eigenvalue weighted by Gasteiger charge is -2.10. The summed E-state index contributed by atoms with van der Waals surface area (Å²) < 4.78 is 51.3. The summed E-state index contributed by atoms with van der Waals surface area (Å²) in [6, 6.07) is 5.51. The third-order valence-corrected chi connectivity index (χ3v) is 2.44. The molecule has 1 aromatic heterocycles. The summed E-state index contributed by atoms with van der Waals surface area (Å²) in [7, 11) is 0. The predicted molar refractivity (Wildman–Crippen MR) is 66.7 cm³/mol. The van der Waals surface area contributed by atoms with Crippen molar-refractivity contribution in [3.05, 3.63) is 41.8 Å². The number of alkyl halides is 3. The number of carbonyl (C=O) groups excluding carboxylic acids is 1. The van der Waals surface area contributed by atoms with E-state index in [0.717, 1.165) is 25.1 Å². The van der Waals surface area contributed by atoms with Crippen molar-refractivity contribution >= 4 is 11.9 Å². The van der Waals surface area contributed by atoms with Gasteiger partial charge in [-0.15, -0.1) is 0 Å². The van der Waals surface area contributed by atoms with E-state index in [4.69, 9.17) is 0 Å². The third kappa shape index (κ3) is 3.74. The van der Waals surface area contributed by atoms with Crippen molar-refractivity contribution in [3.8, 4) is 11.3 Å². The highest BCUT2D eigenvalue weighted by Gasteiger charge is 2.33. The Kier molecular flexibility index (Phi) is 3.88. The molecule has 110 valence electrons. The van der Waals surface area contributed by atoms with Gasteiger partial charge in [0.2, 0.25) is 11.9 Å². The molecule has 4 nitrogen and oxygen atoms in total. The molecule has 1 aromatic carbocycles. The van der Waals surface area contributed by atoms with Crippen LogP contribution in [0, 0.1) is 5.82 Å². The van der Waals surface area contributed by atoms with Gasteiger partial charge in [0.25, 0.3) is 0 Å². The van der Waals surface area contributed by atoms with Crippen LogP contribution in [0.3, 0.4) is 0 Å². The topological polar surface area (TPSA) is 54.9 Å². The van der Waals surface area contributed by atoms with Crippen LogP contribution in [0.5, 0.6) is 0 Å². The number of nitrogens with zero attached hydrogens (tertiary/aromatic N) is 2. The van der Waals surface area contributed by atoms with Crippen molar-refractivity contribution in [2.45, 2.75) is 13.1 Å². The van der Waals surface area contributed by atoms with Gasteiger partial charge in [0, 0.05) is 12.5 Å². The minimum atomic E-state index is -4.69. The Hall–Kier alpha value is -2.51. The molecule has 1 amide bonds. The summed E-state index contributed by atoms with van der Waals surface area (Å²) in [4.78, 5) is 18.0. The zero-order chi connectivity index (χ0) is 15.6. The number of halogens is 4. The zero-order valence-corrected chi connectivity index (χ0v) is 10.7. The van der Waals surface area contributed by atoms with Gasteiger partial charge in [-0.25, -0.2) is 14.4 Å². The Morgan fingerprint density at radius 1 is 1.14 bits per heavy atom. The number of anilines is 1. The number of hydrogen-bond acceptors (Lipinski definition) is 3. The molecule has 8 heteroatoms. The van der Waals surface area contributed by atoms with Crippen LogP contribution in [0.4, 0.5) is 23.5 Å². The van der Waals surface area contributed by atoms with Crippen molar-refractivity contribution in [1.82, 2.24) is 9.97 Å². The van der Waals surface area contributed by atoms with E-state index in [2.05, 4.69) is 15.3 Å². The van der Waals surface area contributed by atoms with Gasteiger partial charge < -0.3 is 0 Å². The summed E-state index contributed by atoms with van der Waals surface area (Å²) in [5.41, 5.74) is -0.988. The highest BCUT2D eigenvalue weighted by Crippen LogP contribution is 2.31. The average Bonchev–Trinajstić information content (AvgIpc) is 2.37. The first kappa shape index (κ1) is 14.9. The highest BCUT2D eigenvalue weighted by molar-refractivity contribution is 5.87. The standard InChI is InChI=1S/C13H9F4N3O/c1-7(21)18-12-19-10(6-11(20-12)13(15,16)17)8-2-4-9(14)5-3-8/h2-6H,1H3,(H,18,19,20,21). The van der Waals surface area contributed by atoms with Gasteiger partial charge in [0.15, 0.2) is 5.69 Å². The fourth-order valence-electron chi connectivity index (χ4n) is 1.57. The van der Waals surface area contributed by atoms with Crippen LogP contribution < -0.4 is 5.32 Å². The predicted octanol–water partition coefficient (Wildman–Crippen LogP) is 3.26. The lowest BCUT2D eigenvalue weighted by molar-refractivity contribution is -0.141. The van der Waals surface area contributed by atoms with Crippen molar-refractivity contribution < 1.29 is 22.4 Å². The van der Waals surface area contributed by atoms with E-state index >= 15 is 0 Å². The first-order valence-electron chi connectivity index (χ1n) is 5.75. The molecule has 0 aliphatic rings. The summed E-state index contributed by atoms with van der Waals surface area (Å²) in [5, 5.41) is 2.10. The molecule has 21 heavy (non-hydrogen) atoms. The smallest absolute Gasteiger partial charge is 0.295 e. The molecule has 0 bridgehead atoms. The van der Waals surface area contributed by atoms with Gasteiger partial charge >= 0.3 is 6.18 Å². The normalized spacial score (nSPS) is 11.3. The van der Waals surface area contributed by atoms with Crippen molar-refractivity contribution in [2.24, 2.45) is 0 Å². The second-order valence-corrected chi connectivity index (χ2v) is 4.15. The van der Waals surface area contributed by atoms with Gasteiger partial charge in [0.05, 0.1) is 5.69 Å². The molecule has 1 heterocycles. The van der Waals surface area contributed by atoms with E-state index in [1.807, 2.05) is 0 Å². The Bertz CT molecular complexity index is 668. The molecule has 0 saturated carbocycles. The minimum absolute atomic E-state index is 0.0684. The average molecular weight is 299 g/mol. The highest BCUT2D eigenvalue weighted by atomic mass is 19.4. The minimum Gasteiger partial charge on any atom is -0.295 e. The van der Waals surface area contributed by atoms with Gasteiger partial charge in [-0.2, -0.15) is 13.2 Å². The van der Waals surface area contributed by atoms with E-state index in [-0.39, 0.29) is 11.3 Å². The monoisotopic (exact) mass is 299 g/mol. The van der Waals surface area contributed by atoms with Crippen LogP contribution >= 0.6 is 0 Å². The lowest BCUT2D eigenvalue weighted by Crippen LogP contribution is -2.15. The second kappa shape index (κ2) is 5.47. The molecule has 0 aliphatic carbocycles. The van der Waals surface area contributed by atoms with Crippen LogP contribution in [0.2, 0.25) is 0 Å². The molecule has 0 aliphatic heterocycles. The molecule has 0 atom stereocenters. The Morgan fingerprint density at radius 2 is 1.76 bits per heavy atom. The van der Waals surface area contributed by atoms with Gasteiger partial charge in [-0.1, -0.05) is 0 Å². The molecule has 1 N–H and O–H groups in total. The Balaban J connectivity index is 2.54. The van der Waals surface area contributed by atoms with Crippen molar-refractivity contribution in [3.63, 3.8) is 0 Å². The quantitative estimate of drug-likeness (QED) is 0.866. The molecule has 0 saturated heterocycles. The number of carbonyl (C=O) groups is 1. The van der Waals surface area contributed by atoms with Crippen LogP contribution in [0.15, 0.2) is 30.3 Å². The summed E-state index contributed by atoms with van der Waals surface area (Å²) >= 11 is 0. The van der Waals surface area contributed by atoms with Crippen LogP contribution in [-0.4, -0.2) is 15.9 Å². The summed E-state index contributed by atoms with van der Waals surface area (Å²) in [6.45, 7) is 1.13. The molecule has 0 spiro atoms. The van der Waals surface area contributed by atoms with E-state index in [1.165, 1.54) is 12.1 Å². The number of benzene rings is 1. The molecule has 2 aromatic rings. The largest absolute Gasteiger partial charge is 0.433 e. The van der Waals surface area contributed by atoms with E-state index in [0.29, 0.717) is 0 Å². The Labute approximate surface area is 116 Å². The number of rotatable bonds is 2. The molecular weight excluding hydrogens is 290 g/mol. The van der Waals surface area contributed by atoms with Crippen LogP contribution in [0.1, 0.15) is 12.6 Å². The molecular formula is C13H9F4N3O.